The van der Waals surface area contributed by atoms with Crippen LogP contribution in [0.2, 0.25) is 0 Å². The van der Waals surface area contributed by atoms with E-state index in [2.05, 4.69) is 27.7 Å². The first kappa shape index (κ1) is 11.0. The molecule has 1 heteroatoms. The van der Waals surface area contributed by atoms with Gasteiger partial charge in [-0.15, -0.1) is 0 Å². The summed E-state index contributed by atoms with van der Waals surface area (Å²) in [6.07, 6.45) is 5.40. The Morgan fingerprint density at radius 1 is 1.08 bits per heavy atom. The molecular weight excluding hydrogens is 158 g/mol. The molecule has 0 radical (unpaired) electrons. The van der Waals surface area contributed by atoms with Crippen LogP contribution in [0.1, 0.15) is 53.4 Å². The molecule has 2 atom stereocenters. The molecule has 0 bridgehead atoms. The molecule has 1 saturated carbocycles. The Kier molecular flexibility index (Phi) is 3.39. The maximum Gasteiger partial charge on any atom is 0.00996 e. The normalized spacial score (nSPS) is 36.2. The van der Waals surface area contributed by atoms with Crippen molar-refractivity contribution < 1.29 is 0 Å². The molecule has 1 nitrogen and oxygen atoms in total. The van der Waals surface area contributed by atoms with Gasteiger partial charge in [-0.05, 0) is 57.3 Å². The maximum absolute atomic E-state index is 6.06. The number of hydrogen-bond acceptors (Lipinski definition) is 1. The van der Waals surface area contributed by atoms with Crippen LogP contribution in [0.25, 0.3) is 0 Å². The molecule has 13 heavy (non-hydrogen) atoms. The fourth-order valence-electron chi connectivity index (χ4n) is 3.02. The number of nitrogens with two attached hydrogens (primary N) is 1. The monoisotopic (exact) mass is 183 g/mol. The van der Waals surface area contributed by atoms with E-state index in [0.29, 0.717) is 0 Å². The van der Waals surface area contributed by atoms with Crippen molar-refractivity contribution in [3.63, 3.8) is 0 Å². The molecule has 0 amide bonds. The number of hydrogen-bond donors (Lipinski definition) is 1. The lowest BCUT2D eigenvalue weighted by Gasteiger charge is -2.35. The fraction of sp³-hybridized carbons (Fsp3) is 1.00. The quantitative estimate of drug-likeness (QED) is 0.699. The summed E-state index contributed by atoms with van der Waals surface area (Å²) in [5.41, 5.74) is 6.09. The minimum absolute atomic E-state index is 0.0292. The van der Waals surface area contributed by atoms with Crippen molar-refractivity contribution in [3.05, 3.63) is 0 Å². The van der Waals surface area contributed by atoms with Gasteiger partial charge in [0.25, 0.3) is 0 Å². The summed E-state index contributed by atoms with van der Waals surface area (Å²) in [4.78, 5) is 0. The molecular formula is C12H25N. The van der Waals surface area contributed by atoms with E-state index in [9.17, 15) is 0 Å². The molecule has 0 aromatic heterocycles. The average Bonchev–Trinajstić information content (AvgIpc) is 1.78. The molecule has 1 fully saturated rings. The Labute approximate surface area is 83.1 Å². The van der Waals surface area contributed by atoms with E-state index in [1.54, 1.807) is 0 Å². The van der Waals surface area contributed by atoms with Crippen molar-refractivity contribution in [2.45, 2.75) is 58.9 Å². The summed E-state index contributed by atoms with van der Waals surface area (Å²) in [6.45, 7) is 9.06. The second kappa shape index (κ2) is 4.00. The lowest BCUT2D eigenvalue weighted by Crippen LogP contribution is -2.36. The average molecular weight is 183 g/mol. The molecule has 0 aromatic carbocycles. The minimum Gasteiger partial charge on any atom is -0.326 e. The summed E-state index contributed by atoms with van der Waals surface area (Å²) in [5, 5.41) is 0. The van der Waals surface area contributed by atoms with Gasteiger partial charge < -0.3 is 5.73 Å². The molecule has 1 rings (SSSR count). The summed E-state index contributed by atoms with van der Waals surface area (Å²) in [5.74, 6) is 2.70. The molecule has 0 aliphatic heterocycles. The van der Waals surface area contributed by atoms with Gasteiger partial charge in [-0.1, -0.05) is 13.8 Å². The summed E-state index contributed by atoms with van der Waals surface area (Å²) < 4.78 is 0. The van der Waals surface area contributed by atoms with E-state index >= 15 is 0 Å². The van der Waals surface area contributed by atoms with Gasteiger partial charge in [0.05, 0.1) is 0 Å². The van der Waals surface area contributed by atoms with Gasteiger partial charge in [-0.2, -0.15) is 0 Å². The molecule has 2 unspecified atom stereocenters. The Hall–Kier alpha value is -0.0400. The first-order valence-electron chi connectivity index (χ1n) is 5.65. The summed E-state index contributed by atoms with van der Waals surface area (Å²) >= 11 is 0. The van der Waals surface area contributed by atoms with Crippen LogP contribution in [0.15, 0.2) is 0 Å². The van der Waals surface area contributed by atoms with E-state index in [4.69, 9.17) is 5.73 Å². The van der Waals surface area contributed by atoms with Gasteiger partial charge in [0.2, 0.25) is 0 Å². The summed E-state index contributed by atoms with van der Waals surface area (Å²) in [7, 11) is 0. The van der Waals surface area contributed by atoms with Gasteiger partial charge >= 0.3 is 0 Å². The van der Waals surface area contributed by atoms with Crippen molar-refractivity contribution in [3.8, 4) is 0 Å². The molecule has 0 aromatic rings. The maximum atomic E-state index is 6.06. The molecule has 1 aliphatic rings. The van der Waals surface area contributed by atoms with E-state index in [1.807, 2.05) is 0 Å². The van der Waals surface area contributed by atoms with Crippen molar-refractivity contribution >= 4 is 0 Å². The van der Waals surface area contributed by atoms with Crippen LogP contribution >= 0.6 is 0 Å². The zero-order valence-corrected chi connectivity index (χ0v) is 9.64. The van der Waals surface area contributed by atoms with E-state index in [-0.39, 0.29) is 5.54 Å². The van der Waals surface area contributed by atoms with Crippen molar-refractivity contribution in [2.75, 3.05) is 0 Å². The topological polar surface area (TPSA) is 26.0 Å². The van der Waals surface area contributed by atoms with Crippen LogP contribution in [0, 0.1) is 17.8 Å². The first-order valence-corrected chi connectivity index (χ1v) is 5.65. The molecule has 0 spiro atoms. The smallest absolute Gasteiger partial charge is 0.00996 e. The number of rotatable bonds is 2. The lowest BCUT2D eigenvalue weighted by atomic mass is 9.73. The van der Waals surface area contributed by atoms with Crippen LogP contribution < -0.4 is 5.73 Å². The third-order valence-electron chi connectivity index (χ3n) is 3.09. The van der Waals surface area contributed by atoms with Gasteiger partial charge in [0.1, 0.15) is 0 Å². The first-order chi connectivity index (χ1) is 5.87. The third-order valence-corrected chi connectivity index (χ3v) is 3.09. The van der Waals surface area contributed by atoms with Crippen molar-refractivity contribution in [1.82, 2.24) is 0 Å². The molecule has 1 aliphatic carbocycles. The highest BCUT2D eigenvalue weighted by Crippen LogP contribution is 2.36. The predicted octanol–water partition coefficient (Wildman–Crippen LogP) is 3.19. The van der Waals surface area contributed by atoms with E-state index in [0.717, 1.165) is 17.8 Å². The van der Waals surface area contributed by atoms with Gasteiger partial charge in [0.15, 0.2) is 0 Å². The van der Waals surface area contributed by atoms with Gasteiger partial charge in [-0.3, -0.25) is 0 Å². The molecule has 0 heterocycles. The standard InChI is InChI=1S/C12H25N/c1-9-5-10(2)7-11(6-9)8-12(3,4)13/h9-11H,5-8,13H2,1-4H3. The SMILES string of the molecule is CC1CC(C)CC(CC(C)(C)N)C1. The van der Waals surface area contributed by atoms with Gasteiger partial charge in [-0.25, -0.2) is 0 Å². The lowest BCUT2D eigenvalue weighted by molar-refractivity contribution is 0.187. The van der Waals surface area contributed by atoms with Crippen LogP contribution in [-0.4, -0.2) is 5.54 Å². The highest BCUT2D eigenvalue weighted by atomic mass is 14.7. The van der Waals surface area contributed by atoms with Gasteiger partial charge in [0, 0.05) is 5.54 Å². The Balaban J connectivity index is 2.42. The highest BCUT2D eigenvalue weighted by Gasteiger charge is 2.27. The second-order valence-corrected chi connectivity index (χ2v) is 5.98. The van der Waals surface area contributed by atoms with Crippen LogP contribution in [0.5, 0.6) is 0 Å². The second-order valence-electron chi connectivity index (χ2n) is 5.98. The molecule has 78 valence electrons. The zero-order chi connectivity index (χ0) is 10.1. The molecule has 2 N–H and O–H groups in total. The Morgan fingerprint density at radius 3 is 1.92 bits per heavy atom. The minimum atomic E-state index is 0.0292. The Bertz CT molecular complexity index is 147. The van der Waals surface area contributed by atoms with E-state index < -0.39 is 0 Å². The Morgan fingerprint density at radius 2 is 1.54 bits per heavy atom. The largest absolute Gasteiger partial charge is 0.326 e. The molecule has 0 saturated heterocycles. The third kappa shape index (κ3) is 4.12. The van der Waals surface area contributed by atoms with Crippen molar-refractivity contribution in [1.29, 1.82) is 0 Å². The fourth-order valence-corrected chi connectivity index (χ4v) is 3.02. The van der Waals surface area contributed by atoms with Crippen LogP contribution in [0.4, 0.5) is 0 Å². The zero-order valence-electron chi connectivity index (χ0n) is 9.64. The van der Waals surface area contributed by atoms with Crippen molar-refractivity contribution in [2.24, 2.45) is 23.5 Å². The van der Waals surface area contributed by atoms with E-state index in [1.165, 1.54) is 25.7 Å². The van der Waals surface area contributed by atoms with Crippen LogP contribution in [0.3, 0.4) is 0 Å². The summed E-state index contributed by atoms with van der Waals surface area (Å²) in [6, 6.07) is 0. The van der Waals surface area contributed by atoms with Crippen LogP contribution in [-0.2, 0) is 0 Å². The predicted molar refractivity (Wildman–Crippen MR) is 58.6 cm³/mol. The highest BCUT2D eigenvalue weighted by molar-refractivity contribution is 4.82.